The summed E-state index contributed by atoms with van der Waals surface area (Å²) in [4.78, 5) is 11.1. The number of hydrogen-bond donors (Lipinski definition) is 2. The largest absolute Gasteiger partial charge is 0.373 e. The van der Waals surface area contributed by atoms with Gasteiger partial charge in [0.2, 0.25) is 0 Å². The maximum Gasteiger partial charge on any atom is 0.134 e. The lowest BCUT2D eigenvalue weighted by Crippen LogP contribution is -2.36. The number of nitrogens with one attached hydrogen (secondary N) is 2. The Balaban J connectivity index is 1.88. The molecule has 1 saturated heterocycles. The van der Waals surface area contributed by atoms with E-state index in [-0.39, 0.29) is 0 Å². The van der Waals surface area contributed by atoms with Crippen molar-refractivity contribution in [3.8, 4) is 0 Å². The first-order chi connectivity index (χ1) is 9.35. The van der Waals surface area contributed by atoms with E-state index in [0.717, 1.165) is 31.1 Å². The van der Waals surface area contributed by atoms with Gasteiger partial charge in [-0.1, -0.05) is 6.92 Å². The zero-order valence-electron chi connectivity index (χ0n) is 11.8. The highest BCUT2D eigenvalue weighted by Gasteiger charge is 2.11. The third-order valence-corrected chi connectivity index (χ3v) is 4.30. The number of anilines is 2. The maximum atomic E-state index is 4.36. The van der Waals surface area contributed by atoms with Gasteiger partial charge >= 0.3 is 0 Å². The van der Waals surface area contributed by atoms with Crippen molar-refractivity contribution in [1.29, 1.82) is 0 Å². The van der Waals surface area contributed by atoms with E-state index in [1.807, 2.05) is 18.8 Å². The normalized spacial score (nSPS) is 16.3. The first kappa shape index (κ1) is 14.4. The highest BCUT2D eigenvalue weighted by molar-refractivity contribution is 7.99. The first-order valence-corrected chi connectivity index (χ1v) is 8.06. The zero-order chi connectivity index (χ0) is 13.5. The predicted molar refractivity (Wildman–Crippen MR) is 83.2 cm³/mol. The second-order valence-corrected chi connectivity index (χ2v) is 5.76. The summed E-state index contributed by atoms with van der Waals surface area (Å²) in [7, 11) is 1.90. The van der Waals surface area contributed by atoms with Crippen LogP contribution in [0.15, 0.2) is 6.33 Å². The molecule has 0 saturated carbocycles. The monoisotopic (exact) mass is 281 g/mol. The van der Waals surface area contributed by atoms with Crippen molar-refractivity contribution in [2.75, 3.05) is 55.4 Å². The Morgan fingerprint density at radius 1 is 1.26 bits per heavy atom. The molecule has 2 heterocycles. The van der Waals surface area contributed by atoms with Crippen LogP contribution in [0, 0.1) is 0 Å². The van der Waals surface area contributed by atoms with Gasteiger partial charge in [-0.05, 0) is 6.42 Å². The van der Waals surface area contributed by atoms with Gasteiger partial charge in [0.1, 0.15) is 18.0 Å². The molecule has 6 heteroatoms. The number of hydrogen-bond acceptors (Lipinski definition) is 6. The van der Waals surface area contributed by atoms with E-state index in [1.165, 1.54) is 30.2 Å². The van der Waals surface area contributed by atoms with Crippen LogP contribution in [0.25, 0.3) is 0 Å². The minimum absolute atomic E-state index is 0.925. The van der Waals surface area contributed by atoms with Crippen molar-refractivity contribution in [1.82, 2.24) is 14.9 Å². The zero-order valence-corrected chi connectivity index (χ0v) is 12.6. The number of thioether (sulfide) groups is 1. The van der Waals surface area contributed by atoms with Crippen LogP contribution in [0.4, 0.5) is 11.6 Å². The summed E-state index contributed by atoms with van der Waals surface area (Å²) in [6, 6.07) is 0. The van der Waals surface area contributed by atoms with Gasteiger partial charge in [0.05, 0.1) is 0 Å². The van der Waals surface area contributed by atoms with Crippen molar-refractivity contribution in [3.05, 3.63) is 11.9 Å². The Labute approximate surface area is 119 Å². The van der Waals surface area contributed by atoms with E-state index in [9.17, 15) is 0 Å². The Hall–Kier alpha value is -1.01. The molecule has 19 heavy (non-hydrogen) atoms. The average Bonchev–Trinajstić information content (AvgIpc) is 2.48. The second-order valence-electron chi connectivity index (χ2n) is 4.53. The van der Waals surface area contributed by atoms with Gasteiger partial charge in [-0.15, -0.1) is 0 Å². The Morgan fingerprint density at radius 2 is 2.00 bits per heavy atom. The molecule has 1 aliphatic rings. The number of nitrogens with zero attached hydrogens (tertiary/aromatic N) is 3. The van der Waals surface area contributed by atoms with Crippen LogP contribution in [0.5, 0.6) is 0 Å². The summed E-state index contributed by atoms with van der Waals surface area (Å²) in [5, 5.41) is 6.57. The molecule has 2 rings (SSSR count). The fraction of sp³-hybridized carbons (Fsp3) is 0.692. The summed E-state index contributed by atoms with van der Waals surface area (Å²) >= 11 is 2.05. The molecular weight excluding hydrogens is 258 g/mol. The predicted octanol–water partition coefficient (Wildman–Crippen LogP) is 1.54. The quantitative estimate of drug-likeness (QED) is 0.825. The lowest BCUT2D eigenvalue weighted by molar-refractivity contribution is 0.314. The molecule has 0 radical (unpaired) electrons. The first-order valence-electron chi connectivity index (χ1n) is 6.90. The maximum absolute atomic E-state index is 4.36. The Morgan fingerprint density at radius 3 is 2.68 bits per heavy atom. The van der Waals surface area contributed by atoms with E-state index >= 15 is 0 Å². The van der Waals surface area contributed by atoms with Gasteiger partial charge in [-0.3, -0.25) is 4.90 Å². The van der Waals surface area contributed by atoms with Crippen LogP contribution < -0.4 is 10.6 Å². The average molecular weight is 281 g/mol. The molecule has 1 aromatic heterocycles. The van der Waals surface area contributed by atoms with Crippen LogP contribution in [-0.4, -0.2) is 59.6 Å². The van der Waals surface area contributed by atoms with Gasteiger partial charge < -0.3 is 10.6 Å². The van der Waals surface area contributed by atoms with E-state index in [1.54, 1.807) is 6.33 Å². The van der Waals surface area contributed by atoms with Crippen molar-refractivity contribution in [2.24, 2.45) is 0 Å². The van der Waals surface area contributed by atoms with E-state index in [2.05, 4.69) is 32.4 Å². The van der Waals surface area contributed by atoms with Crippen molar-refractivity contribution in [2.45, 2.75) is 13.3 Å². The van der Waals surface area contributed by atoms with E-state index < -0.39 is 0 Å². The van der Waals surface area contributed by atoms with Crippen LogP contribution in [0.3, 0.4) is 0 Å². The Bertz CT molecular complexity index is 393. The summed E-state index contributed by atoms with van der Waals surface area (Å²) in [6.07, 6.45) is 2.55. The molecule has 0 unspecified atom stereocenters. The minimum atomic E-state index is 0.925. The molecule has 106 valence electrons. The molecule has 1 aromatic rings. The summed E-state index contributed by atoms with van der Waals surface area (Å²) < 4.78 is 0. The topological polar surface area (TPSA) is 53.1 Å². The number of aromatic nitrogens is 2. The molecule has 1 aliphatic heterocycles. The molecule has 0 aliphatic carbocycles. The van der Waals surface area contributed by atoms with Gasteiger partial charge in [0, 0.05) is 50.3 Å². The number of rotatable bonds is 6. The standard InChI is InChI=1S/C13H23N5S/c1-3-11-12(14-2)16-10-17-13(11)15-4-5-18-6-8-19-9-7-18/h10H,3-9H2,1-2H3,(H2,14,15,16,17). The molecule has 1 fully saturated rings. The minimum Gasteiger partial charge on any atom is -0.373 e. The summed E-state index contributed by atoms with van der Waals surface area (Å²) in [6.45, 7) is 6.57. The molecule has 5 nitrogen and oxygen atoms in total. The van der Waals surface area contributed by atoms with Gasteiger partial charge in [0.15, 0.2) is 0 Å². The third-order valence-electron chi connectivity index (χ3n) is 3.36. The van der Waals surface area contributed by atoms with Crippen LogP contribution >= 0.6 is 11.8 Å². The SMILES string of the molecule is CCc1c(NC)ncnc1NCCN1CCSCC1. The second kappa shape index (κ2) is 7.55. The van der Waals surface area contributed by atoms with Gasteiger partial charge in [0.25, 0.3) is 0 Å². The smallest absolute Gasteiger partial charge is 0.134 e. The van der Waals surface area contributed by atoms with Crippen LogP contribution in [0.1, 0.15) is 12.5 Å². The third kappa shape index (κ3) is 3.98. The molecule has 0 atom stereocenters. The van der Waals surface area contributed by atoms with E-state index in [4.69, 9.17) is 0 Å². The van der Waals surface area contributed by atoms with Gasteiger partial charge in [-0.2, -0.15) is 11.8 Å². The lowest BCUT2D eigenvalue weighted by atomic mass is 10.2. The molecule has 0 amide bonds. The molecule has 0 bridgehead atoms. The highest BCUT2D eigenvalue weighted by Crippen LogP contribution is 2.19. The summed E-state index contributed by atoms with van der Waals surface area (Å²) in [5.74, 6) is 4.41. The van der Waals surface area contributed by atoms with Crippen molar-refractivity contribution >= 4 is 23.4 Å². The lowest BCUT2D eigenvalue weighted by Gasteiger charge is -2.26. The van der Waals surface area contributed by atoms with Crippen LogP contribution in [0.2, 0.25) is 0 Å². The van der Waals surface area contributed by atoms with Gasteiger partial charge in [-0.25, -0.2) is 9.97 Å². The fourth-order valence-corrected chi connectivity index (χ4v) is 3.25. The van der Waals surface area contributed by atoms with Crippen molar-refractivity contribution < 1.29 is 0 Å². The fourth-order valence-electron chi connectivity index (χ4n) is 2.27. The Kier molecular flexibility index (Phi) is 5.72. The highest BCUT2D eigenvalue weighted by atomic mass is 32.2. The molecular formula is C13H23N5S. The van der Waals surface area contributed by atoms with E-state index in [0.29, 0.717) is 0 Å². The molecule has 0 spiro atoms. The van der Waals surface area contributed by atoms with Crippen molar-refractivity contribution in [3.63, 3.8) is 0 Å². The van der Waals surface area contributed by atoms with Crippen LogP contribution in [-0.2, 0) is 6.42 Å². The molecule has 0 aromatic carbocycles. The summed E-state index contributed by atoms with van der Waals surface area (Å²) in [5.41, 5.74) is 1.17. The molecule has 2 N–H and O–H groups in total.